The molecule has 2 heterocycles. The topological polar surface area (TPSA) is 77.8 Å². The van der Waals surface area contributed by atoms with E-state index in [2.05, 4.69) is 9.97 Å². The van der Waals surface area contributed by atoms with Crippen LogP contribution in [-0.4, -0.2) is 9.97 Å². The maximum atomic E-state index is 5.96. The Labute approximate surface area is 91.9 Å². The van der Waals surface area contributed by atoms with Crippen LogP contribution in [0.1, 0.15) is 0 Å². The van der Waals surface area contributed by atoms with E-state index in [0.717, 1.165) is 21.8 Å². The van der Waals surface area contributed by atoms with Crippen LogP contribution < -0.4 is 11.5 Å². The van der Waals surface area contributed by atoms with Crippen LogP contribution >= 0.6 is 0 Å². The molecular weight excluding hydrogens is 200 g/mol. The molecule has 0 spiro atoms. The quantitative estimate of drug-likeness (QED) is 0.337. The maximum absolute atomic E-state index is 5.96. The zero-order chi connectivity index (χ0) is 11.1. The Morgan fingerprint density at radius 2 is 1.19 bits per heavy atom. The van der Waals surface area contributed by atoms with Crippen molar-refractivity contribution in [3.05, 3.63) is 36.7 Å². The zero-order valence-electron chi connectivity index (χ0n) is 8.51. The van der Waals surface area contributed by atoms with Gasteiger partial charge in [0.25, 0.3) is 0 Å². The molecule has 4 nitrogen and oxygen atoms in total. The monoisotopic (exact) mass is 210 g/mol. The van der Waals surface area contributed by atoms with Crippen molar-refractivity contribution in [3.63, 3.8) is 0 Å². The smallest absolute Gasteiger partial charge is 0.0960 e. The highest BCUT2D eigenvalue weighted by Gasteiger charge is 2.10. The SMILES string of the molecule is Nc1c(N)c2ncccc2c2cccnc12. The molecule has 0 atom stereocenters. The molecule has 0 amide bonds. The van der Waals surface area contributed by atoms with Crippen molar-refractivity contribution in [2.24, 2.45) is 0 Å². The molecule has 1 aromatic carbocycles. The maximum Gasteiger partial charge on any atom is 0.0960 e. The van der Waals surface area contributed by atoms with Crippen LogP contribution in [0.2, 0.25) is 0 Å². The second kappa shape index (κ2) is 3.06. The Kier molecular flexibility index (Phi) is 1.71. The van der Waals surface area contributed by atoms with Crippen molar-refractivity contribution in [3.8, 4) is 0 Å². The van der Waals surface area contributed by atoms with Crippen LogP contribution in [0, 0.1) is 0 Å². The van der Waals surface area contributed by atoms with E-state index in [-0.39, 0.29) is 0 Å². The second-order valence-corrected chi connectivity index (χ2v) is 3.63. The molecule has 2 aromatic heterocycles. The Balaban J connectivity index is 2.69. The van der Waals surface area contributed by atoms with Gasteiger partial charge in [-0.2, -0.15) is 0 Å². The lowest BCUT2D eigenvalue weighted by Crippen LogP contribution is -1.99. The molecule has 4 N–H and O–H groups in total. The van der Waals surface area contributed by atoms with E-state index in [1.165, 1.54) is 0 Å². The Morgan fingerprint density at radius 1 is 0.750 bits per heavy atom. The predicted molar refractivity (Wildman–Crippen MR) is 65.9 cm³/mol. The Bertz CT molecular complexity index is 630. The highest BCUT2D eigenvalue weighted by molar-refractivity contribution is 6.16. The minimum absolute atomic E-state index is 0.502. The predicted octanol–water partition coefficient (Wildman–Crippen LogP) is 1.95. The van der Waals surface area contributed by atoms with Crippen LogP contribution in [-0.2, 0) is 0 Å². The standard InChI is InChI=1S/C12H10N4/c13-9-10(14)12-8(4-2-6-16-12)7-3-1-5-15-11(7)9/h1-6H,13-14H2. The largest absolute Gasteiger partial charge is 0.395 e. The number of hydrogen-bond acceptors (Lipinski definition) is 4. The van der Waals surface area contributed by atoms with Gasteiger partial charge in [0.2, 0.25) is 0 Å². The second-order valence-electron chi connectivity index (χ2n) is 3.63. The number of nitrogens with zero attached hydrogens (tertiary/aromatic N) is 2. The molecule has 0 bridgehead atoms. The molecule has 16 heavy (non-hydrogen) atoms. The van der Waals surface area contributed by atoms with Gasteiger partial charge in [0.15, 0.2) is 0 Å². The highest BCUT2D eigenvalue weighted by Crippen LogP contribution is 2.33. The van der Waals surface area contributed by atoms with E-state index >= 15 is 0 Å². The fourth-order valence-corrected chi connectivity index (χ4v) is 1.93. The summed E-state index contributed by atoms with van der Waals surface area (Å²) in [6.07, 6.45) is 3.42. The molecule has 3 rings (SSSR count). The molecule has 3 aromatic rings. The summed E-state index contributed by atoms with van der Waals surface area (Å²) in [6, 6.07) is 7.71. The fourth-order valence-electron chi connectivity index (χ4n) is 1.93. The average molecular weight is 210 g/mol. The minimum Gasteiger partial charge on any atom is -0.395 e. The third kappa shape index (κ3) is 1.04. The molecule has 4 heteroatoms. The van der Waals surface area contributed by atoms with Crippen LogP contribution in [0.15, 0.2) is 36.7 Å². The third-order valence-corrected chi connectivity index (χ3v) is 2.71. The number of hydrogen-bond donors (Lipinski definition) is 2. The normalized spacial score (nSPS) is 11.0. The summed E-state index contributed by atoms with van der Waals surface area (Å²) in [6.45, 7) is 0. The Morgan fingerprint density at radius 3 is 1.62 bits per heavy atom. The summed E-state index contributed by atoms with van der Waals surface area (Å²) in [7, 11) is 0. The van der Waals surface area contributed by atoms with Gasteiger partial charge in [-0.05, 0) is 12.1 Å². The first-order valence-electron chi connectivity index (χ1n) is 4.95. The van der Waals surface area contributed by atoms with Gasteiger partial charge in [-0.3, -0.25) is 9.97 Å². The third-order valence-electron chi connectivity index (χ3n) is 2.71. The lowest BCUT2D eigenvalue weighted by atomic mass is 10.1. The van der Waals surface area contributed by atoms with Gasteiger partial charge >= 0.3 is 0 Å². The van der Waals surface area contributed by atoms with E-state index in [0.29, 0.717) is 11.4 Å². The van der Waals surface area contributed by atoms with Gasteiger partial charge in [-0.25, -0.2) is 0 Å². The summed E-state index contributed by atoms with van der Waals surface area (Å²) in [5.41, 5.74) is 14.4. The van der Waals surface area contributed by atoms with Crippen LogP contribution in [0.25, 0.3) is 21.8 Å². The van der Waals surface area contributed by atoms with Gasteiger partial charge in [0, 0.05) is 23.2 Å². The van der Waals surface area contributed by atoms with Crippen molar-refractivity contribution in [1.82, 2.24) is 9.97 Å². The first-order chi connectivity index (χ1) is 7.79. The number of anilines is 2. The fraction of sp³-hybridized carbons (Fsp3) is 0. The summed E-state index contributed by atoms with van der Waals surface area (Å²) in [4.78, 5) is 8.52. The number of benzene rings is 1. The highest BCUT2D eigenvalue weighted by atomic mass is 14.8. The summed E-state index contributed by atoms with van der Waals surface area (Å²) in [5.74, 6) is 0. The molecule has 0 aliphatic carbocycles. The van der Waals surface area contributed by atoms with Crippen molar-refractivity contribution in [2.45, 2.75) is 0 Å². The summed E-state index contributed by atoms with van der Waals surface area (Å²) in [5, 5.41) is 1.97. The van der Waals surface area contributed by atoms with Crippen LogP contribution in [0.5, 0.6) is 0 Å². The van der Waals surface area contributed by atoms with Gasteiger partial charge in [-0.1, -0.05) is 12.1 Å². The molecule has 78 valence electrons. The van der Waals surface area contributed by atoms with E-state index in [1.54, 1.807) is 12.4 Å². The number of rotatable bonds is 0. The molecule has 0 saturated carbocycles. The first-order valence-corrected chi connectivity index (χ1v) is 4.95. The lowest BCUT2D eigenvalue weighted by molar-refractivity contribution is 1.39. The molecule has 0 aliphatic heterocycles. The van der Waals surface area contributed by atoms with E-state index < -0.39 is 0 Å². The van der Waals surface area contributed by atoms with Gasteiger partial charge in [0.1, 0.15) is 0 Å². The van der Waals surface area contributed by atoms with Gasteiger partial charge in [0.05, 0.1) is 22.4 Å². The van der Waals surface area contributed by atoms with Gasteiger partial charge in [-0.15, -0.1) is 0 Å². The molecule has 0 saturated heterocycles. The molecule has 0 radical (unpaired) electrons. The van der Waals surface area contributed by atoms with Crippen molar-refractivity contribution in [1.29, 1.82) is 0 Å². The molecule has 0 aliphatic rings. The molecule has 0 unspecified atom stereocenters. The Hall–Kier alpha value is -2.36. The number of aromatic nitrogens is 2. The molecular formula is C12H10N4. The number of pyridine rings is 2. The lowest BCUT2D eigenvalue weighted by Gasteiger charge is -2.08. The zero-order valence-corrected chi connectivity index (χ0v) is 8.51. The van der Waals surface area contributed by atoms with Crippen molar-refractivity contribution >= 4 is 33.2 Å². The number of nitrogens with two attached hydrogens (primary N) is 2. The van der Waals surface area contributed by atoms with Crippen LogP contribution in [0.3, 0.4) is 0 Å². The van der Waals surface area contributed by atoms with Gasteiger partial charge < -0.3 is 11.5 Å². The number of nitrogen functional groups attached to an aromatic ring is 2. The minimum atomic E-state index is 0.502. The van der Waals surface area contributed by atoms with Crippen molar-refractivity contribution < 1.29 is 0 Å². The first kappa shape index (κ1) is 8.91. The van der Waals surface area contributed by atoms with Crippen molar-refractivity contribution in [2.75, 3.05) is 11.5 Å². The van der Waals surface area contributed by atoms with E-state index in [4.69, 9.17) is 11.5 Å². The van der Waals surface area contributed by atoms with E-state index in [9.17, 15) is 0 Å². The summed E-state index contributed by atoms with van der Waals surface area (Å²) >= 11 is 0. The number of fused-ring (bicyclic) bond motifs is 3. The molecule has 0 fully saturated rings. The summed E-state index contributed by atoms with van der Waals surface area (Å²) < 4.78 is 0. The van der Waals surface area contributed by atoms with E-state index in [1.807, 2.05) is 24.3 Å². The average Bonchev–Trinajstić information content (AvgIpc) is 2.36. The van der Waals surface area contributed by atoms with Crippen LogP contribution in [0.4, 0.5) is 11.4 Å².